The molecule has 1 atom stereocenters. The topological polar surface area (TPSA) is 69.7 Å². The third-order valence-electron chi connectivity index (χ3n) is 3.31. The molecule has 1 saturated heterocycles. The molecule has 1 N–H and O–H groups in total. The highest BCUT2D eigenvalue weighted by Gasteiger charge is 2.29. The Morgan fingerprint density at radius 2 is 2.11 bits per heavy atom. The van der Waals surface area contributed by atoms with E-state index < -0.39 is 10.0 Å². The van der Waals surface area contributed by atoms with Crippen molar-refractivity contribution in [1.82, 2.24) is 14.5 Å². The van der Waals surface area contributed by atoms with E-state index >= 15 is 0 Å². The second-order valence-corrected chi connectivity index (χ2v) is 7.39. The molecule has 0 spiro atoms. The van der Waals surface area contributed by atoms with Crippen molar-refractivity contribution in [2.75, 3.05) is 46.5 Å². The summed E-state index contributed by atoms with van der Waals surface area (Å²) in [4.78, 5) is 14.0. The van der Waals surface area contributed by atoms with Crippen LogP contribution in [0.15, 0.2) is 0 Å². The highest BCUT2D eigenvalue weighted by Crippen LogP contribution is 2.18. The van der Waals surface area contributed by atoms with Gasteiger partial charge in [0.25, 0.3) is 0 Å². The Kier molecular flexibility index (Phi) is 6.22. The first-order valence-electron chi connectivity index (χ1n) is 6.68. The number of nitrogens with zero attached hydrogens (tertiary/aromatic N) is 2. The van der Waals surface area contributed by atoms with Crippen molar-refractivity contribution >= 4 is 15.9 Å². The molecule has 6 nitrogen and oxygen atoms in total. The molecular weight excluding hydrogens is 266 g/mol. The minimum absolute atomic E-state index is 0.0212. The molecule has 1 unspecified atom stereocenters. The number of nitrogens with one attached hydrogen (secondary N) is 1. The predicted octanol–water partition coefficient (Wildman–Crippen LogP) is -0.274. The maximum absolute atomic E-state index is 12.0. The number of amides is 1. The van der Waals surface area contributed by atoms with E-state index in [0.29, 0.717) is 19.6 Å². The van der Waals surface area contributed by atoms with Crippen molar-refractivity contribution in [3.05, 3.63) is 0 Å². The Hall–Kier alpha value is -0.660. The van der Waals surface area contributed by atoms with E-state index in [0.717, 1.165) is 25.8 Å². The standard InChI is InChI=1S/C12H25N3O3S/c1-14(2)8-5-7-13-12(16)11-6-4-9-15(10-11)19(3,17)18/h11H,4-10H2,1-3H3,(H,13,16). The van der Waals surface area contributed by atoms with Gasteiger partial charge in [-0.25, -0.2) is 12.7 Å². The second kappa shape index (κ2) is 7.21. The van der Waals surface area contributed by atoms with Crippen molar-refractivity contribution in [2.24, 2.45) is 5.92 Å². The Morgan fingerprint density at radius 1 is 1.42 bits per heavy atom. The number of carbonyl (C=O) groups is 1. The minimum atomic E-state index is -3.18. The molecule has 7 heteroatoms. The number of piperidine rings is 1. The van der Waals surface area contributed by atoms with Crippen molar-refractivity contribution in [3.63, 3.8) is 0 Å². The molecule has 19 heavy (non-hydrogen) atoms. The highest BCUT2D eigenvalue weighted by atomic mass is 32.2. The molecule has 112 valence electrons. The van der Waals surface area contributed by atoms with Gasteiger partial charge in [-0.1, -0.05) is 0 Å². The predicted molar refractivity (Wildman–Crippen MR) is 75.3 cm³/mol. The fraction of sp³-hybridized carbons (Fsp3) is 0.917. The van der Waals surface area contributed by atoms with Crippen LogP contribution in [0, 0.1) is 5.92 Å². The summed E-state index contributed by atoms with van der Waals surface area (Å²) in [5, 5.41) is 2.89. The van der Waals surface area contributed by atoms with E-state index in [1.807, 2.05) is 14.1 Å². The third kappa shape index (κ3) is 5.88. The molecule has 0 bridgehead atoms. The largest absolute Gasteiger partial charge is 0.356 e. The van der Waals surface area contributed by atoms with Gasteiger partial charge in [0.2, 0.25) is 15.9 Å². The molecule has 1 rings (SSSR count). The maximum atomic E-state index is 12.0. The van der Waals surface area contributed by atoms with Gasteiger partial charge in [-0.2, -0.15) is 0 Å². The quantitative estimate of drug-likeness (QED) is 0.684. The summed E-state index contributed by atoms with van der Waals surface area (Å²) >= 11 is 0. The van der Waals surface area contributed by atoms with Gasteiger partial charge in [-0.05, 0) is 39.9 Å². The van der Waals surface area contributed by atoms with Gasteiger partial charge in [0.15, 0.2) is 0 Å². The Morgan fingerprint density at radius 3 is 2.68 bits per heavy atom. The average molecular weight is 291 g/mol. The lowest BCUT2D eigenvalue weighted by Gasteiger charge is -2.30. The van der Waals surface area contributed by atoms with Gasteiger partial charge < -0.3 is 10.2 Å². The fourth-order valence-corrected chi connectivity index (χ4v) is 3.12. The van der Waals surface area contributed by atoms with Crippen LogP contribution in [-0.2, 0) is 14.8 Å². The van der Waals surface area contributed by atoms with E-state index in [9.17, 15) is 13.2 Å². The third-order valence-corrected chi connectivity index (χ3v) is 4.57. The Balaban J connectivity index is 2.36. The first-order valence-corrected chi connectivity index (χ1v) is 8.53. The molecule has 0 saturated carbocycles. The Bertz CT molecular complexity index is 395. The molecule has 1 heterocycles. The SMILES string of the molecule is CN(C)CCCNC(=O)C1CCCN(S(C)(=O)=O)C1. The zero-order chi connectivity index (χ0) is 14.5. The van der Waals surface area contributed by atoms with Crippen LogP contribution >= 0.6 is 0 Å². The first-order chi connectivity index (χ1) is 8.80. The normalized spacial score (nSPS) is 21.6. The van der Waals surface area contributed by atoms with Crippen LogP contribution in [0.25, 0.3) is 0 Å². The van der Waals surface area contributed by atoms with Crippen molar-refractivity contribution in [2.45, 2.75) is 19.3 Å². The molecule has 0 aromatic heterocycles. The molecule has 0 radical (unpaired) electrons. The van der Waals surface area contributed by atoms with E-state index in [1.54, 1.807) is 0 Å². The van der Waals surface area contributed by atoms with E-state index in [2.05, 4.69) is 10.2 Å². The molecule has 1 aliphatic heterocycles. The summed E-state index contributed by atoms with van der Waals surface area (Å²) in [6.07, 6.45) is 3.63. The summed E-state index contributed by atoms with van der Waals surface area (Å²) in [5.41, 5.74) is 0. The van der Waals surface area contributed by atoms with Crippen molar-refractivity contribution in [3.8, 4) is 0 Å². The zero-order valence-corrected chi connectivity index (χ0v) is 12.9. The van der Waals surface area contributed by atoms with Crippen molar-refractivity contribution < 1.29 is 13.2 Å². The van der Waals surface area contributed by atoms with Crippen LogP contribution in [0.3, 0.4) is 0 Å². The molecule has 0 aromatic carbocycles. The lowest BCUT2D eigenvalue weighted by atomic mass is 9.99. The summed E-state index contributed by atoms with van der Waals surface area (Å²) in [7, 11) is 0.804. The van der Waals surface area contributed by atoms with Gasteiger partial charge in [-0.3, -0.25) is 4.79 Å². The van der Waals surface area contributed by atoms with Gasteiger partial charge >= 0.3 is 0 Å². The highest BCUT2D eigenvalue weighted by molar-refractivity contribution is 7.88. The lowest BCUT2D eigenvalue weighted by Crippen LogP contribution is -2.45. The lowest BCUT2D eigenvalue weighted by molar-refractivity contribution is -0.126. The summed E-state index contributed by atoms with van der Waals surface area (Å²) < 4.78 is 24.4. The molecule has 0 aromatic rings. The number of rotatable bonds is 6. The maximum Gasteiger partial charge on any atom is 0.224 e. The average Bonchev–Trinajstić information content (AvgIpc) is 2.33. The summed E-state index contributed by atoms with van der Waals surface area (Å²) in [5.74, 6) is -0.227. The minimum Gasteiger partial charge on any atom is -0.356 e. The molecule has 1 aliphatic rings. The van der Waals surface area contributed by atoms with Crippen LogP contribution in [0.5, 0.6) is 0 Å². The van der Waals surface area contributed by atoms with E-state index in [-0.39, 0.29) is 11.8 Å². The first kappa shape index (κ1) is 16.4. The number of carbonyl (C=O) groups excluding carboxylic acids is 1. The van der Waals surface area contributed by atoms with Crippen LogP contribution in [0.2, 0.25) is 0 Å². The number of sulfonamides is 1. The summed E-state index contributed by atoms with van der Waals surface area (Å²) in [6.45, 7) is 2.42. The van der Waals surface area contributed by atoms with E-state index in [4.69, 9.17) is 0 Å². The van der Waals surface area contributed by atoms with Gasteiger partial charge in [0.1, 0.15) is 0 Å². The van der Waals surface area contributed by atoms with Gasteiger partial charge in [0.05, 0.1) is 12.2 Å². The monoisotopic (exact) mass is 291 g/mol. The van der Waals surface area contributed by atoms with Gasteiger partial charge in [0, 0.05) is 19.6 Å². The van der Waals surface area contributed by atoms with E-state index in [1.165, 1.54) is 10.6 Å². The molecular formula is C12H25N3O3S. The molecule has 1 fully saturated rings. The van der Waals surface area contributed by atoms with Gasteiger partial charge in [-0.15, -0.1) is 0 Å². The zero-order valence-electron chi connectivity index (χ0n) is 12.1. The van der Waals surface area contributed by atoms with Crippen molar-refractivity contribution in [1.29, 1.82) is 0 Å². The molecule has 1 amide bonds. The van der Waals surface area contributed by atoms with Crippen LogP contribution in [0.4, 0.5) is 0 Å². The molecule has 0 aliphatic carbocycles. The number of hydrogen-bond acceptors (Lipinski definition) is 4. The van der Waals surface area contributed by atoms with Crippen LogP contribution in [0.1, 0.15) is 19.3 Å². The van der Waals surface area contributed by atoms with Crippen LogP contribution in [-0.4, -0.2) is 70.1 Å². The summed E-state index contributed by atoms with van der Waals surface area (Å²) in [6, 6.07) is 0. The smallest absolute Gasteiger partial charge is 0.224 e. The fourth-order valence-electron chi connectivity index (χ4n) is 2.21. The number of hydrogen-bond donors (Lipinski definition) is 1. The second-order valence-electron chi connectivity index (χ2n) is 5.41. The Labute approximate surface area is 116 Å². The van der Waals surface area contributed by atoms with Crippen LogP contribution < -0.4 is 5.32 Å².